The Bertz CT molecular complexity index is 653. The van der Waals surface area contributed by atoms with Gasteiger partial charge in [-0.1, -0.05) is 11.6 Å². The second kappa shape index (κ2) is 6.71. The molecule has 21 heavy (non-hydrogen) atoms. The van der Waals surface area contributed by atoms with E-state index in [0.29, 0.717) is 14.9 Å². The number of thiophene rings is 1. The molecule has 2 N–H and O–H groups in total. The van der Waals surface area contributed by atoms with Gasteiger partial charge in [0.1, 0.15) is 0 Å². The Labute approximate surface area is 130 Å². The average Bonchev–Trinajstić information content (AvgIpc) is 2.91. The molecule has 0 saturated carbocycles. The van der Waals surface area contributed by atoms with Crippen LogP contribution in [0.1, 0.15) is 20.0 Å². The molecule has 0 bridgehead atoms. The molecule has 0 radical (unpaired) electrons. The molecule has 0 atom stereocenters. The molecular weight excluding hydrogens is 314 g/mol. The first-order valence-corrected chi connectivity index (χ1v) is 7.24. The standard InChI is InChI=1S/C14H12ClNO4S/c15-12-6-5-11(21-12)13(18)16(7-8-17)10-3-1-9(2-4-10)14(19)20/h1-6,17H,7-8H2,(H,19,20). The van der Waals surface area contributed by atoms with Crippen molar-refractivity contribution < 1.29 is 19.8 Å². The van der Waals surface area contributed by atoms with Gasteiger partial charge in [-0.15, -0.1) is 11.3 Å². The quantitative estimate of drug-likeness (QED) is 0.886. The van der Waals surface area contributed by atoms with Crippen molar-refractivity contribution in [1.29, 1.82) is 0 Å². The van der Waals surface area contributed by atoms with E-state index in [4.69, 9.17) is 21.8 Å². The van der Waals surface area contributed by atoms with E-state index in [1.165, 1.54) is 29.2 Å². The molecule has 1 amide bonds. The number of carbonyl (C=O) groups excluding carboxylic acids is 1. The molecule has 2 aromatic rings. The smallest absolute Gasteiger partial charge is 0.335 e. The zero-order chi connectivity index (χ0) is 15.4. The van der Waals surface area contributed by atoms with Gasteiger partial charge in [0, 0.05) is 12.2 Å². The van der Waals surface area contributed by atoms with Crippen LogP contribution in [-0.4, -0.2) is 35.2 Å². The minimum atomic E-state index is -1.04. The zero-order valence-electron chi connectivity index (χ0n) is 10.8. The maximum atomic E-state index is 12.4. The highest BCUT2D eigenvalue weighted by Gasteiger charge is 2.19. The first kappa shape index (κ1) is 15.5. The fraction of sp³-hybridized carbons (Fsp3) is 0.143. The van der Waals surface area contributed by atoms with Crippen LogP contribution in [0, 0.1) is 0 Å². The second-order valence-corrected chi connectivity index (χ2v) is 5.85. The highest BCUT2D eigenvalue weighted by atomic mass is 35.5. The van der Waals surface area contributed by atoms with Crippen LogP contribution in [0.15, 0.2) is 36.4 Å². The van der Waals surface area contributed by atoms with Crippen molar-refractivity contribution in [2.45, 2.75) is 0 Å². The highest BCUT2D eigenvalue weighted by molar-refractivity contribution is 7.18. The van der Waals surface area contributed by atoms with Gasteiger partial charge in [-0.2, -0.15) is 0 Å². The number of halogens is 1. The molecule has 7 heteroatoms. The molecule has 1 heterocycles. The number of hydrogen-bond donors (Lipinski definition) is 2. The SMILES string of the molecule is O=C(O)c1ccc(N(CCO)C(=O)c2ccc(Cl)s2)cc1. The summed E-state index contributed by atoms with van der Waals surface area (Å²) in [5.74, 6) is -1.32. The number of nitrogens with zero attached hydrogens (tertiary/aromatic N) is 1. The van der Waals surface area contributed by atoms with Crippen molar-refractivity contribution in [3.63, 3.8) is 0 Å². The van der Waals surface area contributed by atoms with E-state index in [1.54, 1.807) is 12.1 Å². The summed E-state index contributed by atoms with van der Waals surface area (Å²) in [6, 6.07) is 9.14. The molecule has 0 saturated heterocycles. The molecule has 1 aromatic heterocycles. The summed E-state index contributed by atoms with van der Waals surface area (Å²) in [6.07, 6.45) is 0. The summed E-state index contributed by atoms with van der Waals surface area (Å²) < 4.78 is 0.503. The van der Waals surface area contributed by atoms with E-state index in [1.807, 2.05) is 0 Å². The number of carboxylic acids is 1. The summed E-state index contributed by atoms with van der Waals surface area (Å²) in [6.45, 7) is -0.0910. The van der Waals surface area contributed by atoms with Gasteiger partial charge in [0.25, 0.3) is 5.91 Å². The second-order valence-electron chi connectivity index (χ2n) is 4.14. The first-order valence-electron chi connectivity index (χ1n) is 6.04. The van der Waals surface area contributed by atoms with E-state index >= 15 is 0 Å². The molecule has 0 aliphatic carbocycles. The highest BCUT2D eigenvalue weighted by Crippen LogP contribution is 2.25. The van der Waals surface area contributed by atoms with E-state index in [-0.39, 0.29) is 24.6 Å². The van der Waals surface area contributed by atoms with Crippen LogP contribution >= 0.6 is 22.9 Å². The van der Waals surface area contributed by atoms with Crippen molar-refractivity contribution in [3.05, 3.63) is 51.2 Å². The fourth-order valence-corrected chi connectivity index (χ4v) is 2.79. The van der Waals surface area contributed by atoms with Crippen LogP contribution in [0.3, 0.4) is 0 Å². The molecule has 2 rings (SSSR count). The van der Waals surface area contributed by atoms with E-state index in [9.17, 15) is 9.59 Å². The third-order valence-electron chi connectivity index (χ3n) is 2.78. The normalized spacial score (nSPS) is 10.4. The topological polar surface area (TPSA) is 77.8 Å². The number of aliphatic hydroxyl groups excluding tert-OH is 1. The number of rotatable bonds is 5. The number of carboxylic acid groups (broad SMARTS) is 1. The molecule has 0 fully saturated rings. The number of benzene rings is 1. The van der Waals surface area contributed by atoms with Crippen LogP contribution in [0.4, 0.5) is 5.69 Å². The van der Waals surface area contributed by atoms with Gasteiger partial charge >= 0.3 is 5.97 Å². The van der Waals surface area contributed by atoms with Crippen molar-refractivity contribution in [2.24, 2.45) is 0 Å². The van der Waals surface area contributed by atoms with Gasteiger partial charge < -0.3 is 15.1 Å². The third kappa shape index (κ3) is 3.60. The van der Waals surface area contributed by atoms with Crippen molar-refractivity contribution in [3.8, 4) is 0 Å². The summed E-state index contributed by atoms with van der Waals surface area (Å²) >= 11 is 6.97. The van der Waals surface area contributed by atoms with Crippen LogP contribution < -0.4 is 4.90 Å². The summed E-state index contributed by atoms with van der Waals surface area (Å²) in [7, 11) is 0. The predicted octanol–water partition coefficient (Wildman–Crippen LogP) is 2.74. The maximum absolute atomic E-state index is 12.4. The van der Waals surface area contributed by atoms with Crippen molar-refractivity contribution in [2.75, 3.05) is 18.1 Å². The Hall–Kier alpha value is -1.89. The third-order valence-corrected chi connectivity index (χ3v) is 4.00. The lowest BCUT2D eigenvalue weighted by Gasteiger charge is -2.21. The number of aromatic carboxylic acids is 1. The Morgan fingerprint density at radius 3 is 2.29 bits per heavy atom. The van der Waals surface area contributed by atoms with Gasteiger partial charge in [-0.25, -0.2) is 4.79 Å². The minimum Gasteiger partial charge on any atom is -0.478 e. The van der Waals surface area contributed by atoms with Crippen LogP contribution in [0.5, 0.6) is 0 Å². The summed E-state index contributed by atoms with van der Waals surface area (Å²) in [5, 5.41) is 18.0. The monoisotopic (exact) mass is 325 g/mol. The molecule has 110 valence electrons. The summed E-state index contributed by atoms with van der Waals surface area (Å²) in [4.78, 5) is 25.1. The van der Waals surface area contributed by atoms with Crippen LogP contribution in [0.2, 0.25) is 4.34 Å². The molecule has 0 unspecified atom stereocenters. The number of anilines is 1. The lowest BCUT2D eigenvalue weighted by Crippen LogP contribution is -2.33. The molecule has 5 nitrogen and oxygen atoms in total. The Morgan fingerprint density at radius 1 is 1.14 bits per heavy atom. The van der Waals surface area contributed by atoms with Gasteiger partial charge in [0.15, 0.2) is 0 Å². The fourth-order valence-electron chi connectivity index (χ4n) is 1.79. The van der Waals surface area contributed by atoms with Gasteiger partial charge in [-0.05, 0) is 36.4 Å². The van der Waals surface area contributed by atoms with Gasteiger partial charge in [-0.3, -0.25) is 4.79 Å². The maximum Gasteiger partial charge on any atom is 0.335 e. The Kier molecular flexibility index (Phi) is 4.95. The number of aliphatic hydroxyl groups is 1. The lowest BCUT2D eigenvalue weighted by molar-refractivity contribution is 0.0696. The zero-order valence-corrected chi connectivity index (χ0v) is 12.4. The number of carbonyl (C=O) groups is 2. The Morgan fingerprint density at radius 2 is 1.81 bits per heavy atom. The Balaban J connectivity index is 2.29. The number of hydrogen-bond acceptors (Lipinski definition) is 4. The predicted molar refractivity (Wildman–Crippen MR) is 81.5 cm³/mol. The number of amides is 1. The average molecular weight is 326 g/mol. The van der Waals surface area contributed by atoms with Gasteiger partial charge in [0.2, 0.25) is 0 Å². The molecular formula is C14H12ClNO4S. The van der Waals surface area contributed by atoms with Crippen LogP contribution in [-0.2, 0) is 0 Å². The lowest BCUT2D eigenvalue weighted by atomic mass is 10.2. The van der Waals surface area contributed by atoms with E-state index in [2.05, 4.69) is 0 Å². The van der Waals surface area contributed by atoms with Crippen LogP contribution in [0.25, 0.3) is 0 Å². The van der Waals surface area contributed by atoms with E-state index in [0.717, 1.165) is 11.3 Å². The first-order chi connectivity index (χ1) is 10.0. The molecule has 0 aliphatic rings. The van der Waals surface area contributed by atoms with Crippen molar-refractivity contribution in [1.82, 2.24) is 0 Å². The molecule has 0 spiro atoms. The van der Waals surface area contributed by atoms with Crippen molar-refractivity contribution >= 4 is 40.5 Å². The minimum absolute atomic E-state index is 0.112. The van der Waals surface area contributed by atoms with Gasteiger partial charge in [0.05, 0.1) is 21.4 Å². The van der Waals surface area contributed by atoms with E-state index < -0.39 is 5.97 Å². The molecule has 0 aliphatic heterocycles. The largest absolute Gasteiger partial charge is 0.478 e. The molecule has 1 aromatic carbocycles. The summed E-state index contributed by atoms with van der Waals surface area (Å²) in [5.41, 5.74) is 0.651.